The number of piperidine rings is 1. The lowest BCUT2D eigenvalue weighted by atomic mass is 9.74. The molecule has 0 spiro atoms. The summed E-state index contributed by atoms with van der Waals surface area (Å²) in [5, 5.41) is 16.3. The molecule has 1 saturated heterocycles. The zero-order valence-corrected chi connectivity index (χ0v) is 12.1. The molecule has 4 heteroatoms. The van der Waals surface area contributed by atoms with Gasteiger partial charge in [0.2, 0.25) is 5.91 Å². The van der Waals surface area contributed by atoms with Crippen LogP contribution >= 0.6 is 0 Å². The maximum absolute atomic E-state index is 12.7. The molecule has 2 aliphatic rings. The summed E-state index contributed by atoms with van der Waals surface area (Å²) in [4.78, 5) is 12.7. The second-order valence-corrected chi connectivity index (χ2v) is 6.27. The molecule has 0 bridgehead atoms. The molecule has 110 valence electrons. The fourth-order valence-electron chi connectivity index (χ4n) is 3.61. The Morgan fingerprint density at radius 1 is 1.37 bits per heavy atom. The number of amides is 1. The number of rotatable bonds is 4. The largest absolute Gasteiger partial charge is 0.393 e. The number of nitrogens with one attached hydrogen (secondary N) is 2. The molecule has 0 aromatic heterocycles. The first-order chi connectivity index (χ1) is 9.16. The summed E-state index contributed by atoms with van der Waals surface area (Å²) in [6.45, 7) is 4.04. The highest BCUT2D eigenvalue weighted by atomic mass is 16.3. The smallest absolute Gasteiger partial charge is 0.226 e. The minimum Gasteiger partial charge on any atom is -0.393 e. The summed E-state index contributed by atoms with van der Waals surface area (Å²) in [6.07, 6.45) is 7.36. The van der Waals surface area contributed by atoms with Crippen molar-refractivity contribution in [3.63, 3.8) is 0 Å². The van der Waals surface area contributed by atoms with Crippen molar-refractivity contribution in [2.45, 2.75) is 70.4 Å². The summed E-state index contributed by atoms with van der Waals surface area (Å²) in [7, 11) is 0. The van der Waals surface area contributed by atoms with Crippen molar-refractivity contribution in [1.82, 2.24) is 10.6 Å². The molecule has 4 nitrogen and oxygen atoms in total. The van der Waals surface area contributed by atoms with Gasteiger partial charge < -0.3 is 15.7 Å². The van der Waals surface area contributed by atoms with E-state index in [4.69, 9.17) is 0 Å². The van der Waals surface area contributed by atoms with Crippen LogP contribution in [0.3, 0.4) is 0 Å². The van der Waals surface area contributed by atoms with Crippen molar-refractivity contribution >= 4 is 5.91 Å². The zero-order valence-electron chi connectivity index (χ0n) is 12.1. The maximum atomic E-state index is 12.7. The predicted molar refractivity (Wildman–Crippen MR) is 75.9 cm³/mol. The van der Waals surface area contributed by atoms with E-state index in [1.54, 1.807) is 0 Å². The van der Waals surface area contributed by atoms with E-state index < -0.39 is 0 Å². The van der Waals surface area contributed by atoms with E-state index in [2.05, 4.69) is 17.6 Å². The second kappa shape index (κ2) is 6.71. The third-order valence-electron chi connectivity index (χ3n) is 4.75. The standard InChI is InChI=1S/C15H28N2O2/c1-2-6-15(7-9-16-10-8-15)14(19)17-12-4-3-5-13(18)11-12/h12-13,16,18H,2-11H2,1H3,(H,17,19). The fourth-order valence-corrected chi connectivity index (χ4v) is 3.61. The third-order valence-corrected chi connectivity index (χ3v) is 4.75. The molecule has 2 unspecified atom stereocenters. The van der Waals surface area contributed by atoms with E-state index in [1.807, 2.05) is 0 Å². The highest BCUT2D eigenvalue weighted by Crippen LogP contribution is 2.35. The number of hydrogen-bond acceptors (Lipinski definition) is 3. The molecule has 19 heavy (non-hydrogen) atoms. The normalized spacial score (nSPS) is 30.8. The van der Waals surface area contributed by atoms with Gasteiger partial charge in [0.15, 0.2) is 0 Å². The number of aliphatic hydroxyl groups excluding tert-OH is 1. The van der Waals surface area contributed by atoms with Gasteiger partial charge in [0, 0.05) is 6.04 Å². The van der Waals surface area contributed by atoms with Crippen LogP contribution in [-0.2, 0) is 4.79 Å². The first-order valence-electron chi connectivity index (χ1n) is 7.86. The van der Waals surface area contributed by atoms with Crippen LogP contribution in [0.4, 0.5) is 0 Å². The second-order valence-electron chi connectivity index (χ2n) is 6.27. The van der Waals surface area contributed by atoms with Gasteiger partial charge >= 0.3 is 0 Å². The van der Waals surface area contributed by atoms with Crippen molar-refractivity contribution in [3.8, 4) is 0 Å². The molecule has 0 radical (unpaired) electrons. The average molecular weight is 268 g/mol. The Morgan fingerprint density at radius 2 is 2.11 bits per heavy atom. The Morgan fingerprint density at radius 3 is 2.74 bits per heavy atom. The van der Waals surface area contributed by atoms with E-state index in [9.17, 15) is 9.90 Å². The third kappa shape index (κ3) is 3.69. The molecule has 3 N–H and O–H groups in total. The molecule has 1 saturated carbocycles. The van der Waals surface area contributed by atoms with Crippen molar-refractivity contribution in [2.24, 2.45) is 5.41 Å². The van der Waals surface area contributed by atoms with Crippen LogP contribution in [0.1, 0.15) is 58.3 Å². The molecule has 0 aromatic rings. The van der Waals surface area contributed by atoms with Gasteiger partial charge in [-0.1, -0.05) is 13.3 Å². The van der Waals surface area contributed by atoms with Crippen LogP contribution in [0.15, 0.2) is 0 Å². The van der Waals surface area contributed by atoms with Gasteiger partial charge in [-0.25, -0.2) is 0 Å². The molecular formula is C15H28N2O2. The number of hydrogen-bond donors (Lipinski definition) is 3. The Hall–Kier alpha value is -0.610. The molecule has 1 aliphatic heterocycles. The van der Waals surface area contributed by atoms with E-state index in [0.717, 1.165) is 64.5 Å². The number of carbonyl (C=O) groups excluding carboxylic acids is 1. The summed E-state index contributed by atoms with van der Waals surface area (Å²) in [6, 6.07) is 0.180. The summed E-state index contributed by atoms with van der Waals surface area (Å²) < 4.78 is 0. The highest BCUT2D eigenvalue weighted by molar-refractivity contribution is 5.83. The van der Waals surface area contributed by atoms with E-state index >= 15 is 0 Å². The predicted octanol–water partition coefficient (Wildman–Crippen LogP) is 1.58. The van der Waals surface area contributed by atoms with E-state index in [1.165, 1.54) is 0 Å². The van der Waals surface area contributed by atoms with Gasteiger partial charge in [0.1, 0.15) is 0 Å². The fraction of sp³-hybridized carbons (Fsp3) is 0.933. The number of carbonyl (C=O) groups is 1. The first kappa shape index (κ1) is 14.8. The Bertz CT molecular complexity index is 295. The lowest BCUT2D eigenvalue weighted by Gasteiger charge is -2.38. The molecule has 1 amide bonds. The van der Waals surface area contributed by atoms with Crippen LogP contribution < -0.4 is 10.6 Å². The van der Waals surface area contributed by atoms with Crippen LogP contribution in [0.5, 0.6) is 0 Å². The molecule has 2 fully saturated rings. The van der Waals surface area contributed by atoms with Gasteiger partial charge in [-0.2, -0.15) is 0 Å². The van der Waals surface area contributed by atoms with Gasteiger partial charge in [0.25, 0.3) is 0 Å². The van der Waals surface area contributed by atoms with Crippen LogP contribution in [0, 0.1) is 5.41 Å². The molecular weight excluding hydrogens is 240 g/mol. The molecule has 1 heterocycles. The number of aliphatic hydroxyl groups is 1. The summed E-state index contributed by atoms with van der Waals surface area (Å²) in [5.41, 5.74) is -0.164. The SMILES string of the molecule is CCCC1(C(=O)NC2CCCC(O)C2)CCNCC1. The molecule has 0 aromatic carbocycles. The van der Waals surface area contributed by atoms with Crippen LogP contribution in [-0.4, -0.2) is 36.2 Å². The van der Waals surface area contributed by atoms with Gasteiger partial charge in [-0.3, -0.25) is 4.79 Å². The maximum Gasteiger partial charge on any atom is 0.226 e. The molecule has 2 rings (SSSR count). The van der Waals surface area contributed by atoms with E-state index in [-0.39, 0.29) is 23.5 Å². The van der Waals surface area contributed by atoms with Crippen molar-refractivity contribution < 1.29 is 9.90 Å². The van der Waals surface area contributed by atoms with Crippen molar-refractivity contribution in [3.05, 3.63) is 0 Å². The Labute approximate surface area is 116 Å². The molecule has 2 atom stereocenters. The molecule has 1 aliphatic carbocycles. The Kier molecular flexibility index (Phi) is 5.22. The van der Waals surface area contributed by atoms with E-state index in [0.29, 0.717) is 0 Å². The zero-order chi connectivity index (χ0) is 13.7. The topological polar surface area (TPSA) is 61.4 Å². The van der Waals surface area contributed by atoms with Crippen molar-refractivity contribution in [1.29, 1.82) is 0 Å². The lowest BCUT2D eigenvalue weighted by Crippen LogP contribution is -2.51. The first-order valence-corrected chi connectivity index (χ1v) is 7.86. The quantitative estimate of drug-likeness (QED) is 0.725. The van der Waals surface area contributed by atoms with Crippen molar-refractivity contribution in [2.75, 3.05) is 13.1 Å². The van der Waals surface area contributed by atoms with Gasteiger partial charge in [0.05, 0.1) is 11.5 Å². The summed E-state index contributed by atoms with van der Waals surface area (Å²) in [5.74, 6) is 0.231. The van der Waals surface area contributed by atoms with Crippen LogP contribution in [0.2, 0.25) is 0 Å². The van der Waals surface area contributed by atoms with Gasteiger partial charge in [-0.15, -0.1) is 0 Å². The van der Waals surface area contributed by atoms with Crippen LogP contribution in [0.25, 0.3) is 0 Å². The minimum absolute atomic E-state index is 0.164. The van der Waals surface area contributed by atoms with Gasteiger partial charge in [-0.05, 0) is 58.0 Å². The Balaban J connectivity index is 1.95. The minimum atomic E-state index is -0.228. The lowest BCUT2D eigenvalue weighted by molar-refractivity contribution is -0.134. The monoisotopic (exact) mass is 268 g/mol. The highest BCUT2D eigenvalue weighted by Gasteiger charge is 2.39. The summed E-state index contributed by atoms with van der Waals surface area (Å²) >= 11 is 0. The average Bonchev–Trinajstić information content (AvgIpc) is 2.40.